The molecule has 0 aliphatic heterocycles. The number of thiophene rings is 2. The van der Waals surface area contributed by atoms with E-state index in [1.807, 2.05) is 12.3 Å². The first kappa shape index (κ1) is 29.0. The molecule has 220 valence electrons. The third-order valence-electron chi connectivity index (χ3n) is 9.19. The highest BCUT2D eigenvalue weighted by atomic mass is 32.1. The molecule has 2 aliphatic rings. The van der Waals surface area contributed by atoms with Crippen molar-refractivity contribution in [2.75, 3.05) is 0 Å². The topological polar surface area (TPSA) is 104 Å². The van der Waals surface area contributed by atoms with E-state index in [0.29, 0.717) is 10.8 Å². The molecule has 2 unspecified atom stereocenters. The van der Waals surface area contributed by atoms with Gasteiger partial charge in [0, 0.05) is 34.6 Å². The molecule has 5 heterocycles. The van der Waals surface area contributed by atoms with E-state index in [1.54, 1.807) is 17.5 Å². The number of nitrogens with zero attached hydrogens (tertiary/aromatic N) is 3. The van der Waals surface area contributed by atoms with Crippen molar-refractivity contribution in [3.63, 3.8) is 0 Å². The summed E-state index contributed by atoms with van der Waals surface area (Å²) < 4.78 is 0. The van der Waals surface area contributed by atoms with E-state index in [2.05, 4.69) is 69.7 Å². The van der Waals surface area contributed by atoms with Crippen LogP contribution in [0.1, 0.15) is 81.8 Å². The lowest BCUT2D eigenvalue weighted by Crippen LogP contribution is -2.27. The first-order valence-electron chi connectivity index (χ1n) is 15.0. The molecule has 8 heteroatoms. The van der Waals surface area contributed by atoms with Crippen molar-refractivity contribution >= 4 is 48.9 Å². The minimum atomic E-state index is 0.138. The minimum absolute atomic E-state index is 0.138. The van der Waals surface area contributed by atoms with Crippen LogP contribution in [0.25, 0.3) is 31.1 Å². The fraction of sp³-hybridized carbons (Fsp3) is 0.471. The predicted octanol–water partition coefficient (Wildman–Crippen LogP) is 8.57. The van der Waals surface area contributed by atoms with Gasteiger partial charge in [-0.15, -0.1) is 22.7 Å². The van der Waals surface area contributed by atoms with Gasteiger partial charge in [-0.05, 0) is 96.6 Å². The van der Waals surface area contributed by atoms with Gasteiger partial charge in [0.1, 0.15) is 21.3 Å². The highest BCUT2D eigenvalue weighted by Crippen LogP contribution is 2.40. The Bertz CT molecular complexity index is 1750. The smallest absolute Gasteiger partial charge is 0.147 e. The maximum absolute atomic E-state index is 7.55. The Balaban J connectivity index is 0.000000151. The van der Waals surface area contributed by atoms with Crippen molar-refractivity contribution in [3.05, 3.63) is 64.1 Å². The highest BCUT2D eigenvalue weighted by molar-refractivity contribution is 7.21. The molecule has 0 bridgehead atoms. The second-order valence-electron chi connectivity index (χ2n) is 14.2. The Kier molecular flexibility index (Phi) is 7.50. The van der Waals surface area contributed by atoms with Crippen LogP contribution in [0.5, 0.6) is 0 Å². The van der Waals surface area contributed by atoms with E-state index in [9.17, 15) is 0 Å². The van der Waals surface area contributed by atoms with Gasteiger partial charge in [-0.2, -0.15) is 0 Å². The lowest BCUT2D eigenvalue weighted by atomic mass is 9.71. The zero-order chi connectivity index (χ0) is 29.8. The molecule has 42 heavy (non-hydrogen) atoms. The number of fused-ring (bicyclic) bond motifs is 4. The summed E-state index contributed by atoms with van der Waals surface area (Å²) in [7, 11) is 0. The van der Waals surface area contributed by atoms with Gasteiger partial charge in [-0.25, -0.2) is 15.0 Å². The Morgan fingerprint density at radius 3 is 1.88 bits per heavy atom. The van der Waals surface area contributed by atoms with Gasteiger partial charge < -0.3 is 10.7 Å². The lowest BCUT2D eigenvalue weighted by Gasteiger charge is -2.34. The summed E-state index contributed by atoms with van der Waals surface area (Å²) in [6.07, 6.45) is 10.6. The molecule has 4 N–H and O–H groups in total. The van der Waals surface area contributed by atoms with Crippen molar-refractivity contribution in [3.8, 4) is 10.7 Å². The SMILES string of the molecule is CC(C)(C)C1CCc2nc3sc(-c4ncc[nH]4)cc3cc2C1.CC(C)(C)C1CCc2nc3sc(C(=N)N)cc3cc2C1. The fourth-order valence-electron chi connectivity index (χ4n) is 6.37. The number of imidazole rings is 1. The number of nitrogens with two attached hydrogens (primary N) is 1. The molecular weight excluding hydrogens is 557 g/mol. The van der Waals surface area contributed by atoms with E-state index in [-0.39, 0.29) is 5.84 Å². The second kappa shape index (κ2) is 10.9. The van der Waals surface area contributed by atoms with Crippen molar-refractivity contribution in [2.45, 2.75) is 80.1 Å². The van der Waals surface area contributed by atoms with Crippen molar-refractivity contribution in [2.24, 2.45) is 28.4 Å². The maximum atomic E-state index is 7.55. The third kappa shape index (κ3) is 5.88. The monoisotopic (exact) mass is 598 g/mol. The van der Waals surface area contributed by atoms with Crippen LogP contribution in [0.2, 0.25) is 0 Å². The number of nitrogen functional groups attached to an aromatic ring is 1. The normalized spacial score (nSPS) is 18.8. The van der Waals surface area contributed by atoms with Crippen molar-refractivity contribution < 1.29 is 0 Å². The number of hydrogen-bond acceptors (Lipinski definition) is 6. The summed E-state index contributed by atoms with van der Waals surface area (Å²) >= 11 is 3.25. The molecule has 2 aliphatic carbocycles. The Morgan fingerprint density at radius 1 is 0.833 bits per heavy atom. The van der Waals surface area contributed by atoms with E-state index in [4.69, 9.17) is 21.1 Å². The van der Waals surface area contributed by atoms with Gasteiger partial charge in [-0.1, -0.05) is 41.5 Å². The quantitative estimate of drug-likeness (QED) is 0.140. The highest BCUT2D eigenvalue weighted by Gasteiger charge is 2.31. The molecular formula is C34H42N6S2. The van der Waals surface area contributed by atoms with Gasteiger partial charge in [-0.3, -0.25) is 5.41 Å². The van der Waals surface area contributed by atoms with Crippen LogP contribution in [0.15, 0.2) is 36.7 Å². The van der Waals surface area contributed by atoms with Gasteiger partial charge in [0.25, 0.3) is 0 Å². The summed E-state index contributed by atoms with van der Waals surface area (Å²) in [5.74, 6) is 2.55. The average molecular weight is 599 g/mol. The standard InChI is InChI=1S/C18H21N3S.C16H21N3S/c1-18(2,3)13-4-5-14-11(9-13)8-12-10-15(22-17(12)21-14)16-19-6-7-20-16;1-16(2,3)11-4-5-12-9(7-11)6-10-8-13(14(17)18)20-15(10)19-12/h6-8,10,13H,4-5,9H2,1-3H3,(H,19,20);6,8,11H,4-5,7H2,1-3H3,(H3,17,18). The van der Waals surface area contributed by atoms with Gasteiger partial charge >= 0.3 is 0 Å². The molecule has 0 radical (unpaired) electrons. The van der Waals surface area contributed by atoms with Crippen LogP contribution in [-0.2, 0) is 25.7 Å². The number of rotatable bonds is 2. The number of aromatic amines is 1. The molecule has 5 aromatic heterocycles. The molecule has 0 saturated carbocycles. The zero-order valence-corrected chi connectivity index (χ0v) is 27.2. The van der Waals surface area contributed by atoms with Crippen LogP contribution in [0.3, 0.4) is 0 Å². The Morgan fingerprint density at radius 2 is 1.38 bits per heavy atom. The number of aryl methyl sites for hydroxylation is 2. The molecule has 6 nitrogen and oxygen atoms in total. The van der Waals surface area contributed by atoms with Crippen LogP contribution < -0.4 is 5.73 Å². The Labute approximate surface area is 256 Å². The van der Waals surface area contributed by atoms with E-state index >= 15 is 0 Å². The number of amidine groups is 1. The molecule has 0 saturated heterocycles. The third-order valence-corrected chi connectivity index (χ3v) is 11.3. The minimum Gasteiger partial charge on any atom is -0.383 e. The summed E-state index contributed by atoms with van der Waals surface area (Å²) in [4.78, 5) is 21.4. The van der Waals surface area contributed by atoms with Crippen LogP contribution in [-0.4, -0.2) is 25.8 Å². The van der Waals surface area contributed by atoms with E-state index < -0.39 is 0 Å². The van der Waals surface area contributed by atoms with Gasteiger partial charge in [0.05, 0.1) is 9.75 Å². The zero-order valence-electron chi connectivity index (χ0n) is 25.6. The van der Waals surface area contributed by atoms with Gasteiger partial charge in [0.2, 0.25) is 0 Å². The van der Waals surface area contributed by atoms with E-state index in [1.165, 1.54) is 57.0 Å². The molecule has 0 fully saturated rings. The lowest BCUT2D eigenvalue weighted by molar-refractivity contribution is 0.215. The summed E-state index contributed by atoms with van der Waals surface area (Å²) in [5, 5.41) is 9.94. The molecule has 5 aromatic rings. The first-order valence-corrected chi connectivity index (χ1v) is 16.7. The van der Waals surface area contributed by atoms with Crippen molar-refractivity contribution in [1.29, 1.82) is 5.41 Å². The number of hydrogen-bond donors (Lipinski definition) is 3. The average Bonchev–Trinajstić information content (AvgIpc) is 3.68. The molecule has 0 amide bonds. The fourth-order valence-corrected chi connectivity index (χ4v) is 8.26. The predicted molar refractivity (Wildman–Crippen MR) is 178 cm³/mol. The van der Waals surface area contributed by atoms with Gasteiger partial charge in [0.15, 0.2) is 0 Å². The molecule has 0 aromatic carbocycles. The van der Waals surface area contributed by atoms with E-state index in [0.717, 1.165) is 63.3 Å². The Hall–Kier alpha value is -3.10. The summed E-state index contributed by atoms with van der Waals surface area (Å²) in [5.41, 5.74) is 11.7. The molecule has 0 spiro atoms. The number of nitrogens with one attached hydrogen (secondary N) is 2. The summed E-state index contributed by atoms with van der Waals surface area (Å²) in [6, 6.07) is 8.83. The number of pyridine rings is 2. The van der Waals surface area contributed by atoms with Crippen molar-refractivity contribution in [1.82, 2.24) is 19.9 Å². The number of aromatic nitrogens is 4. The van der Waals surface area contributed by atoms with Crippen LogP contribution >= 0.6 is 22.7 Å². The maximum Gasteiger partial charge on any atom is 0.147 e. The van der Waals surface area contributed by atoms with Crippen LogP contribution in [0, 0.1) is 28.1 Å². The first-order chi connectivity index (χ1) is 19.8. The van der Waals surface area contributed by atoms with Crippen LogP contribution in [0.4, 0.5) is 0 Å². The summed E-state index contributed by atoms with van der Waals surface area (Å²) in [6.45, 7) is 14.0. The second-order valence-corrected chi connectivity index (χ2v) is 16.2. The number of H-pyrrole nitrogens is 1. The molecule has 2 atom stereocenters. The largest absolute Gasteiger partial charge is 0.383 e. The molecule has 7 rings (SSSR count).